The largest absolute Gasteiger partial charge is 0.322 e. The van der Waals surface area contributed by atoms with E-state index in [1.54, 1.807) is 15.5 Å². The Bertz CT molecular complexity index is 1440. The number of carbonyl (C=O) groups excluding carboxylic acids is 1. The Morgan fingerprint density at radius 3 is 2.30 bits per heavy atom. The van der Waals surface area contributed by atoms with Gasteiger partial charge in [-0.2, -0.15) is 0 Å². The Balaban J connectivity index is 1.83. The molecule has 0 spiro atoms. The number of benzene rings is 3. The van der Waals surface area contributed by atoms with Crippen LogP contribution < -0.4 is 10.9 Å². The molecule has 0 saturated carbocycles. The lowest BCUT2D eigenvalue weighted by Crippen LogP contribution is -2.40. The van der Waals surface area contributed by atoms with Crippen molar-refractivity contribution in [2.75, 3.05) is 11.9 Å². The summed E-state index contributed by atoms with van der Waals surface area (Å²) in [6.45, 7) is 10.7. The zero-order valence-corrected chi connectivity index (χ0v) is 22.4. The molecule has 0 bridgehead atoms. The molecule has 1 aromatic heterocycles. The van der Waals surface area contributed by atoms with Crippen LogP contribution in [0.5, 0.6) is 0 Å². The minimum atomic E-state index is -0.445. The Morgan fingerprint density at radius 1 is 0.973 bits per heavy atom. The highest BCUT2D eigenvalue weighted by Crippen LogP contribution is 2.26. The van der Waals surface area contributed by atoms with Crippen LogP contribution in [0.15, 0.2) is 71.5 Å². The Kier molecular flexibility index (Phi) is 8.07. The van der Waals surface area contributed by atoms with Gasteiger partial charge in [0.05, 0.1) is 22.6 Å². The number of rotatable bonds is 8. The molecule has 1 atom stereocenters. The molecule has 0 fully saturated rings. The van der Waals surface area contributed by atoms with Crippen molar-refractivity contribution in [1.82, 2.24) is 14.5 Å². The Morgan fingerprint density at radius 2 is 1.65 bits per heavy atom. The van der Waals surface area contributed by atoms with E-state index in [4.69, 9.17) is 4.98 Å². The molecule has 0 saturated heterocycles. The highest BCUT2D eigenvalue weighted by molar-refractivity contribution is 5.91. The molecule has 1 heterocycles. The second-order valence-electron chi connectivity index (χ2n) is 9.57. The second-order valence-corrected chi connectivity index (χ2v) is 9.57. The number of para-hydroxylation sites is 2. The van der Waals surface area contributed by atoms with Crippen LogP contribution in [0.1, 0.15) is 62.2 Å². The van der Waals surface area contributed by atoms with Crippen LogP contribution in [0.25, 0.3) is 16.6 Å². The smallest absolute Gasteiger partial charge is 0.315 e. The van der Waals surface area contributed by atoms with Crippen molar-refractivity contribution in [3.63, 3.8) is 0 Å². The van der Waals surface area contributed by atoms with Crippen LogP contribution in [0, 0.1) is 13.8 Å². The summed E-state index contributed by atoms with van der Waals surface area (Å²) in [7, 11) is 0. The van der Waals surface area contributed by atoms with E-state index < -0.39 is 6.04 Å². The lowest BCUT2D eigenvalue weighted by atomic mass is 10.1. The third-order valence-electron chi connectivity index (χ3n) is 6.97. The van der Waals surface area contributed by atoms with E-state index in [9.17, 15) is 9.59 Å². The lowest BCUT2D eigenvalue weighted by Gasteiger charge is -2.31. The van der Waals surface area contributed by atoms with E-state index in [0.29, 0.717) is 23.3 Å². The molecule has 192 valence electrons. The first-order valence-electron chi connectivity index (χ1n) is 13.1. The summed E-state index contributed by atoms with van der Waals surface area (Å²) in [6.07, 6.45) is 2.70. The number of hydrogen-bond acceptors (Lipinski definition) is 3. The van der Waals surface area contributed by atoms with E-state index in [-0.39, 0.29) is 11.6 Å². The first-order chi connectivity index (χ1) is 17.8. The van der Waals surface area contributed by atoms with Gasteiger partial charge in [0.2, 0.25) is 0 Å². The van der Waals surface area contributed by atoms with Crippen LogP contribution >= 0.6 is 0 Å². The summed E-state index contributed by atoms with van der Waals surface area (Å²) < 4.78 is 1.66. The van der Waals surface area contributed by atoms with Crippen molar-refractivity contribution in [3.8, 4) is 5.69 Å². The van der Waals surface area contributed by atoms with Gasteiger partial charge in [-0.15, -0.1) is 0 Å². The van der Waals surface area contributed by atoms with Gasteiger partial charge in [-0.1, -0.05) is 62.7 Å². The zero-order valence-electron chi connectivity index (χ0n) is 22.4. The van der Waals surface area contributed by atoms with Gasteiger partial charge in [-0.3, -0.25) is 9.36 Å². The molecule has 3 aromatic carbocycles. The number of hydrogen-bond donors (Lipinski definition) is 1. The van der Waals surface area contributed by atoms with E-state index in [1.807, 2.05) is 81.4 Å². The van der Waals surface area contributed by atoms with Crippen molar-refractivity contribution in [3.05, 3.63) is 99.6 Å². The van der Waals surface area contributed by atoms with E-state index in [1.165, 1.54) is 5.56 Å². The number of aromatic nitrogens is 2. The van der Waals surface area contributed by atoms with Gasteiger partial charge < -0.3 is 10.2 Å². The minimum absolute atomic E-state index is 0.137. The van der Waals surface area contributed by atoms with Crippen LogP contribution in [0.3, 0.4) is 0 Å². The highest BCUT2D eigenvalue weighted by Gasteiger charge is 2.27. The van der Waals surface area contributed by atoms with Crippen molar-refractivity contribution in [2.24, 2.45) is 0 Å². The van der Waals surface area contributed by atoms with Crippen molar-refractivity contribution in [2.45, 2.75) is 59.9 Å². The van der Waals surface area contributed by atoms with Crippen LogP contribution in [0.4, 0.5) is 10.5 Å². The summed E-state index contributed by atoms with van der Waals surface area (Å²) in [5.41, 5.74) is 5.26. The number of unbranched alkanes of at least 4 members (excludes halogenated alkanes) is 1. The number of fused-ring (bicyclic) bond motifs is 1. The number of amides is 2. The van der Waals surface area contributed by atoms with Gasteiger partial charge in [-0.05, 0) is 74.6 Å². The average molecular weight is 497 g/mol. The average Bonchev–Trinajstić information content (AvgIpc) is 2.91. The molecule has 4 aromatic rings. The topological polar surface area (TPSA) is 67.2 Å². The Labute approximate surface area is 219 Å². The van der Waals surface area contributed by atoms with Crippen molar-refractivity contribution in [1.29, 1.82) is 0 Å². The molecule has 1 N–H and O–H groups in total. The summed E-state index contributed by atoms with van der Waals surface area (Å²) in [5, 5.41) is 3.69. The quantitative estimate of drug-likeness (QED) is 0.287. The van der Waals surface area contributed by atoms with Gasteiger partial charge >= 0.3 is 6.03 Å². The van der Waals surface area contributed by atoms with Crippen molar-refractivity contribution >= 4 is 22.6 Å². The molecule has 0 aliphatic heterocycles. The fourth-order valence-electron chi connectivity index (χ4n) is 4.69. The van der Waals surface area contributed by atoms with Gasteiger partial charge in [0, 0.05) is 12.2 Å². The normalized spacial score (nSPS) is 11.9. The number of aryl methyl sites for hydroxylation is 3. The molecule has 4 rings (SSSR count). The van der Waals surface area contributed by atoms with Crippen molar-refractivity contribution < 1.29 is 4.79 Å². The fraction of sp³-hybridized carbons (Fsp3) is 0.323. The van der Waals surface area contributed by atoms with E-state index in [2.05, 4.69) is 19.2 Å². The number of carbonyl (C=O) groups is 1. The number of nitrogens with zero attached hydrogens (tertiary/aromatic N) is 3. The molecule has 1 unspecified atom stereocenters. The highest BCUT2D eigenvalue weighted by atomic mass is 16.2. The van der Waals surface area contributed by atoms with Crippen LogP contribution in [-0.2, 0) is 6.42 Å². The minimum Gasteiger partial charge on any atom is -0.315 e. The molecule has 0 aliphatic carbocycles. The van der Waals surface area contributed by atoms with Gasteiger partial charge in [-0.25, -0.2) is 9.78 Å². The monoisotopic (exact) mass is 496 g/mol. The molecule has 0 radical (unpaired) electrons. The third kappa shape index (κ3) is 5.43. The van der Waals surface area contributed by atoms with E-state index in [0.717, 1.165) is 41.8 Å². The summed E-state index contributed by atoms with van der Waals surface area (Å²) in [6, 6.07) is 20.7. The molecular formula is C31H36N4O2. The number of anilines is 1. The first kappa shape index (κ1) is 26.1. The maximum atomic E-state index is 13.8. The molecule has 2 amide bonds. The van der Waals surface area contributed by atoms with Crippen LogP contribution in [-0.4, -0.2) is 27.0 Å². The second kappa shape index (κ2) is 11.4. The van der Waals surface area contributed by atoms with Gasteiger partial charge in [0.1, 0.15) is 5.82 Å². The molecular weight excluding hydrogens is 460 g/mol. The molecule has 6 nitrogen and oxygen atoms in total. The summed E-state index contributed by atoms with van der Waals surface area (Å²) in [4.78, 5) is 34.3. The fourth-order valence-corrected chi connectivity index (χ4v) is 4.69. The van der Waals surface area contributed by atoms with E-state index >= 15 is 0 Å². The predicted octanol–water partition coefficient (Wildman–Crippen LogP) is 6.96. The number of urea groups is 1. The van der Waals surface area contributed by atoms with Gasteiger partial charge in [0.15, 0.2) is 0 Å². The molecule has 37 heavy (non-hydrogen) atoms. The van der Waals surface area contributed by atoms with Crippen LogP contribution in [0.2, 0.25) is 0 Å². The molecule has 0 aliphatic rings. The zero-order chi connectivity index (χ0) is 26.5. The SMILES string of the molecule is CCCCN(C(=O)Nc1c(C)cccc1C)C(C)c1nc2ccccc2c(=O)n1-c1ccc(CC)cc1. The third-order valence-corrected chi connectivity index (χ3v) is 6.97. The maximum absolute atomic E-state index is 13.8. The standard InChI is InChI=1S/C31H36N4O2/c1-6-8-20-34(31(37)33-28-21(3)12-11-13-22(28)4)23(5)29-32-27-15-10-9-14-26(27)30(36)35(29)25-18-16-24(7-2)17-19-25/h9-19,23H,6-8,20H2,1-5H3,(H,33,37). The Hall–Kier alpha value is -3.93. The summed E-state index contributed by atoms with van der Waals surface area (Å²) in [5.74, 6) is 0.542. The predicted molar refractivity (Wildman–Crippen MR) is 152 cm³/mol. The maximum Gasteiger partial charge on any atom is 0.322 e. The van der Waals surface area contributed by atoms with Gasteiger partial charge in [0.25, 0.3) is 5.56 Å². The summed E-state index contributed by atoms with van der Waals surface area (Å²) >= 11 is 0. The first-order valence-corrected chi connectivity index (χ1v) is 13.1. The number of nitrogens with one attached hydrogen (secondary N) is 1. The molecule has 6 heteroatoms. The lowest BCUT2D eigenvalue weighted by molar-refractivity contribution is 0.188.